The topological polar surface area (TPSA) is 69.3 Å². The van der Waals surface area contributed by atoms with Crippen molar-refractivity contribution in [3.8, 4) is 10.4 Å². The molecule has 2 N–H and O–H groups in total. The molecule has 4 aromatic rings. The van der Waals surface area contributed by atoms with Crippen LogP contribution in [0.4, 0.5) is 5.88 Å². The zero-order chi connectivity index (χ0) is 15.1. The summed E-state index contributed by atoms with van der Waals surface area (Å²) in [5, 5.41) is 3.99. The fraction of sp³-hybridized carbons (Fsp3) is 0.125. The standard InChI is InChI=1S/C16H14N4OS/c1-10(13-8-15(17)21-19-13)11-2-4-12(5-3-11)14-9-20-7-6-18-16(20)22-14/h2-10H,17H2,1H3. The Morgan fingerprint density at radius 3 is 2.77 bits per heavy atom. The number of benzene rings is 1. The number of anilines is 1. The summed E-state index contributed by atoms with van der Waals surface area (Å²) < 4.78 is 6.98. The van der Waals surface area contributed by atoms with Crippen LogP contribution in [-0.2, 0) is 0 Å². The second kappa shape index (κ2) is 4.99. The summed E-state index contributed by atoms with van der Waals surface area (Å²) in [5.41, 5.74) is 8.80. The number of hydrogen-bond acceptors (Lipinski definition) is 5. The van der Waals surface area contributed by atoms with Gasteiger partial charge in [0.2, 0.25) is 5.88 Å². The highest BCUT2D eigenvalue weighted by molar-refractivity contribution is 7.20. The Morgan fingerprint density at radius 1 is 1.27 bits per heavy atom. The number of nitrogens with zero attached hydrogens (tertiary/aromatic N) is 3. The third-order valence-corrected chi connectivity index (χ3v) is 4.84. The predicted octanol–water partition coefficient (Wildman–Crippen LogP) is 3.78. The van der Waals surface area contributed by atoms with E-state index in [-0.39, 0.29) is 5.92 Å². The molecule has 0 saturated carbocycles. The van der Waals surface area contributed by atoms with Crippen LogP contribution in [0.25, 0.3) is 15.4 Å². The summed E-state index contributed by atoms with van der Waals surface area (Å²) in [6.45, 7) is 2.09. The molecule has 1 atom stereocenters. The van der Waals surface area contributed by atoms with Crippen LogP contribution in [0.2, 0.25) is 0 Å². The molecule has 0 radical (unpaired) electrons. The molecule has 110 valence electrons. The quantitative estimate of drug-likeness (QED) is 0.625. The third-order valence-electron chi connectivity index (χ3n) is 3.78. The van der Waals surface area contributed by atoms with E-state index in [1.54, 1.807) is 17.4 Å². The summed E-state index contributed by atoms with van der Waals surface area (Å²) in [5.74, 6) is 0.496. The molecule has 0 fully saturated rings. The van der Waals surface area contributed by atoms with Crippen molar-refractivity contribution < 1.29 is 4.52 Å². The summed E-state index contributed by atoms with van der Waals surface area (Å²) in [4.78, 5) is 6.51. The van der Waals surface area contributed by atoms with Gasteiger partial charge in [0.25, 0.3) is 0 Å². The Labute approximate surface area is 131 Å². The first-order chi connectivity index (χ1) is 10.7. The largest absolute Gasteiger partial charge is 0.368 e. The molecular weight excluding hydrogens is 296 g/mol. The van der Waals surface area contributed by atoms with E-state index in [2.05, 4.69) is 47.5 Å². The molecule has 6 heteroatoms. The fourth-order valence-electron chi connectivity index (χ4n) is 2.48. The highest BCUT2D eigenvalue weighted by Gasteiger charge is 2.13. The first-order valence-electron chi connectivity index (χ1n) is 6.95. The van der Waals surface area contributed by atoms with Gasteiger partial charge in [-0.3, -0.25) is 4.40 Å². The van der Waals surface area contributed by atoms with E-state index in [0.29, 0.717) is 5.88 Å². The van der Waals surface area contributed by atoms with Crippen LogP contribution in [0, 0.1) is 0 Å². The van der Waals surface area contributed by atoms with Crippen LogP contribution < -0.4 is 5.73 Å². The molecule has 0 spiro atoms. The van der Waals surface area contributed by atoms with Crippen molar-refractivity contribution in [2.24, 2.45) is 0 Å². The van der Waals surface area contributed by atoms with Gasteiger partial charge in [-0.05, 0) is 11.1 Å². The van der Waals surface area contributed by atoms with E-state index >= 15 is 0 Å². The molecule has 0 amide bonds. The first kappa shape index (κ1) is 13.1. The van der Waals surface area contributed by atoms with Crippen LogP contribution in [-0.4, -0.2) is 14.5 Å². The summed E-state index contributed by atoms with van der Waals surface area (Å²) in [6, 6.07) is 10.3. The van der Waals surface area contributed by atoms with Gasteiger partial charge < -0.3 is 10.3 Å². The summed E-state index contributed by atoms with van der Waals surface area (Å²) >= 11 is 1.68. The maximum Gasteiger partial charge on any atom is 0.222 e. The lowest BCUT2D eigenvalue weighted by atomic mass is 9.97. The summed E-state index contributed by atoms with van der Waals surface area (Å²) in [7, 11) is 0. The lowest BCUT2D eigenvalue weighted by Crippen LogP contribution is -1.95. The number of hydrogen-bond donors (Lipinski definition) is 1. The number of fused-ring (bicyclic) bond motifs is 1. The van der Waals surface area contributed by atoms with Gasteiger partial charge in [-0.2, -0.15) is 0 Å². The average molecular weight is 310 g/mol. The van der Waals surface area contributed by atoms with Crippen molar-refractivity contribution >= 4 is 22.2 Å². The van der Waals surface area contributed by atoms with Crippen LogP contribution in [0.5, 0.6) is 0 Å². The second-order valence-electron chi connectivity index (χ2n) is 5.21. The predicted molar refractivity (Wildman–Crippen MR) is 86.9 cm³/mol. The Bertz CT molecular complexity index is 891. The third kappa shape index (κ3) is 2.17. The van der Waals surface area contributed by atoms with Gasteiger partial charge in [0.15, 0.2) is 4.96 Å². The van der Waals surface area contributed by atoms with Gasteiger partial charge in [-0.1, -0.05) is 47.7 Å². The van der Waals surface area contributed by atoms with Crippen LogP contribution in [0.3, 0.4) is 0 Å². The van der Waals surface area contributed by atoms with E-state index in [0.717, 1.165) is 10.7 Å². The van der Waals surface area contributed by atoms with Crippen molar-refractivity contribution in [1.82, 2.24) is 14.5 Å². The second-order valence-corrected chi connectivity index (χ2v) is 6.22. The van der Waals surface area contributed by atoms with Crippen molar-refractivity contribution in [2.45, 2.75) is 12.8 Å². The lowest BCUT2D eigenvalue weighted by Gasteiger charge is -2.08. The van der Waals surface area contributed by atoms with Crippen LogP contribution in [0.1, 0.15) is 24.1 Å². The fourth-order valence-corrected chi connectivity index (χ4v) is 3.43. The zero-order valence-corrected chi connectivity index (χ0v) is 12.7. The SMILES string of the molecule is CC(c1ccc(-c2cn3ccnc3s2)cc1)c1cc(N)on1. The number of nitrogens with two attached hydrogens (primary N) is 1. The molecule has 3 aromatic heterocycles. The van der Waals surface area contributed by atoms with E-state index in [1.807, 2.05) is 16.8 Å². The van der Waals surface area contributed by atoms with Gasteiger partial charge >= 0.3 is 0 Å². The normalized spacial score (nSPS) is 12.8. The van der Waals surface area contributed by atoms with Crippen molar-refractivity contribution in [1.29, 1.82) is 0 Å². The minimum absolute atomic E-state index is 0.149. The maximum atomic E-state index is 5.59. The van der Waals surface area contributed by atoms with E-state index < -0.39 is 0 Å². The lowest BCUT2D eigenvalue weighted by molar-refractivity contribution is 0.425. The highest BCUT2D eigenvalue weighted by atomic mass is 32.1. The molecule has 0 bridgehead atoms. The molecule has 1 unspecified atom stereocenters. The maximum absolute atomic E-state index is 5.59. The van der Waals surface area contributed by atoms with Gasteiger partial charge in [-0.25, -0.2) is 4.98 Å². The molecule has 4 rings (SSSR count). The van der Waals surface area contributed by atoms with Gasteiger partial charge in [-0.15, -0.1) is 0 Å². The van der Waals surface area contributed by atoms with Crippen molar-refractivity contribution in [3.05, 3.63) is 60.2 Å². The van der Waals surface area contributed by atoms with Crippen LogP contribution in [0.15, 0.2) is 53.4 Å². The Hall–Kier alpha value is -2.60. The summed E-state index contributed by atoms with van der Waals surface area (Å²) in [6.07, 6.45) is 5.87. The van der Waals surface area contributed by atoms with Crippen molar-refractivity contribution in [3.63, 3.8) is 0 Å². The van der Waals surface area contributed by atoms with Gasteiger partial charge in [0.1, 0.15) is 0 Å². The van der Waals surface area contributed by atoms with Gasteiger partial charge in [0, 0.05) is 30.6 Å². The molecule has 0 aliphatic rings. The average Bonchev–Trinajstić information content (AvgIpc) is 3.22. The zero-order valence-electron chi connectivity index (χ0n) is 11.9. The number of aromatic nitrogens is 3. The first-order valence-corrected chi connectivity index (χ1v) is 7.77. The molecule has 0 aliphatic carbocycles. The smallest absolute Gasteiger partial charge is 0.222 e. The minimum atomic E-state index is 0.149. The number of rotatable bonds is 3. The molecule has 22 heavy (non-hydrogen) atoms. The number of imidazole rings is 1. The highest BCUT2D eigenvalue weighted by Crippen LogP contribution is 2.30. The molecule has 3 heterocycles. The van der Waals surface area contributed by atoms with E-state index in [1.165, 1.54) is 16.0 Å². The monoisotopic (exact) mass is 310 g/mol. The van der Waals surface area contributed by atoms with Crippen molar-refractivity contribution in [2.75, 3.05) is 5.73 Å². The van der Waals surface area contributed by atoms with Gasteiger partial charge in [0.05, 0.1) is 10.6 Å². The molecule has 0 saturated heterocycles. The molecule has 0 aliphatic heterocycles. The molecule has 5 nitrogen and oxygen atoms in total. The minimum Gasteiger partial charge on any atom is -0.368 e. The molecule has 1 aromatic carbocycles. The number of nitrogen functional groups attached to an aromatic ring is 1. The van der Waals surface area contributed by atoms with E-state index in [4.69, 9.17) is 10.3 Å². The Balaban J connectivity index is 1.63. The Kier molecular flexibility index (Phi) is 2.97. The van der Waals surface area contributed by atoms with Crippen LogP contribution >= 0.6 is 11.3 Å². The number of thiazole rings is 1. The van der Waals surface area contributed by atoms with E-state index in [9.17, 15) is 0 Å². The Morgan fingerprint density at radius 2 is 2.09 bits per heavy atom. The molecular formula is C16H14N4OS.